The van der Waals surface area contributed by atoms with E-state index in [0.29, 0.717) is 6.61 Å². The lowest BCUT2D eigenvalue weighted by molar-refractivity contribution is -0.147. The van der Waals surface area contributed by atoms with Gasteiger partial charge in [-0.1, -0.05) is 55.8 Å². The number of aryl methyl sites for hydroxylation is 1. The molecule has 1 spiro atoms. The van der Waals surface area contributed by atoms with Gasteiger partial charge in [0.25, 0.3) is 0 Å². The average Bonchev–Trinajstić information content (AvgIpc) is 3.09. The summed E-state index contributed by atoms with van der Waals surface area (Å²) in [5.41, 5.74) is 5.41. The second-order valence-electron chi connectivity index (χ2n) is 7.96. The fourth-order valence-electron chi connectivity index (χ4n) is 4.28. The van der Waals surface area contributed by atoms with Crippen molar-refractivity contribution in [3.05, 3.63) is 70.3 Å². The molecule has 0 aromatic heterocycles. The predicted molar refractivity (Wildman–Crippen MR) is 113 cm³/mol. The predicted octanol–water partition coefficient (Wildman–Crippen LogP) is 2.10. The summed E-state index contributed by atoms with van der Waals surface area (Å²) in [6.07, 6.45) is -0.909. The first-order valence-corrected chi connectivity index (χ1v) is 11.0. The number of hydrogen-bond donors (Lipinski definition) is 4. The zero-order valence-corrected chi connectivity index (χ0v) is 17.3. The van der Waals surface area contributed by atoms with Gasteiger partial charge < -0.3 is 25.2 Å². The summed E-state index contributed by atoms with van der Waals surface area (Å²) in [7, 11) is 0. The zero-order chi connectivity index (χ0) is 20.6. The molecule has 0 amide bonds. The van der Waals surface area contributed by atoms with Crippen LogP contribution in [-0.2, 0) is 29.1 Å². The minimum Gasteiger partial charge on any atom is -0.395 e. The van der Waals surface area contributed by atoms with Gasteiger partial charge in [0.2, 0.25) is 0 Å². The number of aliphatic hydroxyl groups is 4. The zero-order valence-electron chi connectivity index (χ0n) is 16.5. The van der Waals surface area contributed by atoms with Gasteiger partial charge in [0.15, 0.2) is 4.93 Å². The quantitative estimate of drug-likeness (QED) is 0.597. The van der Waals surface area contributed by atoms with Crippen LogP contribution in [0, 0.1) is 0 Å². The van der Waals surface area contributed by atoms with Gasteiger partial charge in [-0.2, -0.15) is 0 Å². The lowest BCUT2D eigenvalue weighted by atomic mass is 9.91. The SMILES string of the molecule is CCCc1ccc(Cc2ccc3c(c2)C2(OC3)S[C@H](CO)[C@@H](O)[C@H](O)[C@H]2O)cc1. The molecule has 5 nitrogen and oxygen atoms in total. The van der Waals surface area contributed by atoms with Crippen LogP contribution in [0.1, 0.15) is 41.2 Å². The Morgan fingerprint density at radius 1 is 1.00 bits per heavy atom. The summed E-state index contributed by atoms with van der Waals surface area (Å²) < 4.78 is 5.99. The number of ether oxygens (including phenoxy) is 1. The minimum absolute atomic E-state index is 0.306. The molecule has 6 heteroatoms. The molecule has 29 heavy (non-hydrogen) atoms. The smallest absolute Gasteiger partial charge is 0.168 e. The highest BCUT2D eigenvalue weighted by Gasteiger charge is 2.57. The van der Waals surface area contributed by atoms with Gasteiger partial charge in [0.1, 0.15) is 12.2 Å². The molecule has 0 aliphatic carbocycles. The summed E-state index contributed by atoms with van der Waals surface area (Å²) in [6.45, 7) is 2.19. The molecule has 1 unspecified atom stereocenters. The fraction of sp³-hybridized carbons (Fsp3) is 0.478. The summed E-state index contributed by atoms with van der Waals surface area (Å²) in [5.74, 6) is 0. The lowest BCUT2D eigenvalue weighted by Gasteiger charge is -2.45. The number of thioether (sulfide) groups is 1. The molecule has 0 saturated carbocycles. The Balaban J connectivity index is 1.62. The largest absolute Gasteiger partial charge is 0.395 e. The topological polar surface area (TPSA) is 90.2 Å². The van der Waals surface area contributed by atoms with Gasteiger partial charge in [-0.05, 0) is 35.1 Å². The van der Waals surface area contributed by atoms with Crippen molar-refractivity contribution in [2.24, 2.45) is 0 Å². The Hall–Kier alpha value is -1.41. The standard InChI is InChI=1S/C23H28O5S/c1-2-3-14-4-6-15(7-5-14)10-16-8-9-17-13-28-23(18(17)11-16)22(27)21(26)20(25)19(12-24)29-23/h4-9,11,19-22,24-27H,2-3,10,12-13H2,1H3/t19-,20-,21+,22-,23?/m1/s1. The fourth-order valence-corrected chi connectivity index (χ4v) is 5.83. The summed E-state index contributed by atoms with van der Waals surface area (Å²) in [4.78, 5) is -1.18. The van der Waals surface area contributed by atoms with Gasteiger partial charge in [-0.3, -0.25) is 0 Å². The number of fused-ring (bicyclic) bond motifs is 2. The Kier molecular flexibility index (Phi) is 6.02. The van der Waals surface area contributed by atoms with Gasteiger partial charge in [-0.15, -0.1) is 11.8 Å². The normalized spacial score (nSPS) is 31.2. The van der Waals surface area contributed by atoms with Crippen LogP contribution in [0.25, 0.3) is 0 Å². The van der Waals surface area contributed by atoms with E-state index in [1.54, 1.807) is 0 Å². The van der Waals surface area contributed by atoms with Crippen LogP contribution in [0.2, 0.25) is 0 Å². The van der Waals surface area contributed by atoms with Gasteiger partial charge >= 0.3 is 0 Å². The summed E-state index contributed by atoms with van der Waals surface area (Å²) in [6, 6.07) is 14.7. The summed E-state index contributed by atoms with van der Waals surface area (Å²) in [5, 5.41) is 40.3. The summed E-state index contributed by atoms with van der Waals surface area (Å²) >= 11 is 1.19. The van der Waals surface area contributed by atoms with Gasteiger partial charge in [0, 0.05) is 5.56 Å². The van der Waals surface area contributed by atoms with Crippen molar-refractivity contribution in [2.45, 2.75) is 61.3 Å². The average molecular weight is 417 g/mol. The highest BCUT2D eigenvalue weighted by Crippen LogP contribution is 2.54. The van der Waals surface area contributed by atoms with E-state index >= 15 is 0 Å². The van der Waals surface area contributed by atoms with Gasteiger partial charge in [-0.25, -0.2) is 0 Å². The molecule has 1 saturated heterocycles. The van der Waals surface area contributed by atoms with Crippen LogP contribution >= 0.6 is 11.8 Å². The molecular weight excluding hydrogens is 388 g/mol. The maximum atomic E-state index is 10.8. The molecule has 2 heterocycles. The highest BCUT2D eigenvalue weighted by atomic mass is 32.2. The van der Waals surface area contributed by atoms with E-state index in [9.17, 15) is 20.4 Å². The molecule has 0 radical (unpaired) electrons. The molecular formula is C23H28O5S. The number of aliphatic hydroxyl groups excluding tert-OH is 4. The van der Waals surface area contributed by atoms with Crippen LogP contribution in [0.5, 0.6) is 0 Å². The lowest BCUT2D eigenvalue weighted by Crippen LogP contribution is -2.58. The maximum absolute atomic E-state index is 10.8. The van der Waals surface area contributed by atoms with Gasteiger partial charge in [0.05, 0.1) is 24.6 Å². The Morgan fingerprint density at radius 3 is 2.38 bits per heavy atom. The molecule has 156 valence electrons. The molecule has 2 aromatic carbocycles. The second kappa shape index (κ2) is 8.38. The first kappa shape index (κ1) is 20.8. The van der Waals surface area contributed by atoms with Crippen molar-refractivity contribution in [3.63, 3.8) is 0 Å². The van der Waals surface area contributed by atoms with Crippen LogP contribution in [0.15, 0.2) is 42.5 Å². The van der Waals surface area contributed by atoms with Crippen LogP contribution in [-0.4, -0.2) is 50.6 Å². The Labute approximate surface area is 175 Å². The minimum atomic E-state index is -1.38. The maximum Gasteiger partial charge on any atom is 0.168 e. The molecule has 5 atom stereocenters. The van der Waals surface area contributed by atoms with E-state index in [0.717, 1.165) is 36.0 Å². The first-order valence-electron chi connectivity index (χ1n) is 10.2. The third-order valence-corrected chi connectivity index (χ3v) is 7.57. The van der Waals surface area contributed by atoms with E-state index in [2.05, 4.69) is 37.3 Å². The van der Waals surface area contributed by atoms with Crippen molar-refractivity contribution in [1.82, 2.24) is 0 Å². The molecule has 2 aliphatic rings. The number of benzene rings is 2. The molecule has 1 fully saturated rings. The Morgan fingerprint density at radius 2 is 1.69 bits per heavy atom. The van der Waals surface area contributed by atoms with Crippen molar-refractivity contribution in [3.8, 4) is 0 Å². The van der Waals surface area contributed by atoms with Crippen LogP contribution in [0.3, 0.4) is 0 Å². The molecule has 4 rings (SSSR count). The molecule has 4 N–H and O–H groups in total. The van der Waals surface area contributed by atoms with Crippen molar-refractivity contribution >= 4 is 11.8 Å². The van der Waals surface area contributed by atoms with Crippen LogP contribution in [0.4, 0.5) is 0 Å². The van der Waals surface area contributed by atoms with E-state index in [-0.39, 0.29) is 6.61 Å². The molecule has 2 aromatic rings. The van der Waals surface area contributed by atoms with Crippen molar-refractivity contribution < 1.29 is 25.2 Å². The monoisotopic (exact) mass is 416 g/mol. The third kappa shape index (κ3) is 3.74. The first-order chi connectivity index (χ1) is 14.0. The van der Waals surface area contributed by atoms with Crippen LogP contribution < -0.4 is 0 Å². The second-order valence-corrected chi connectivity index (χ2v) is 9.40. The van der Waals surface area contributed by atoms with E-state index < -0.39 is 28.5 Å². The molecule has 0 bridgehead atoms. The van der Waals surface area contributed by atoms with E-state index in [4.69, 9.17) is 4.74 Å². The third-order valence-electron chi connectivity index (χ3n) is 5.91. The Bertz CT molecular complexity index is 853. The van der Waals surface area contributed by atoms with E-state index in [1.807, 2.05) is 12.1 Å². The highest BCUT2D eigenvalue weighted by molar-refractivity contribution is 8.00. The van der Waals surface area contributed by atoms with E-state index in [1.165, 1.54) is 22.9 Å². The van der Waals surface area contributed by atoms with Crippen molar-refractivity contribution in [1.29, 1.82) is 0 Å². The number of rotatable bonds is 5. The number of hydrogen-bond acceptors (Lipinski definition) is 6. The molecule has 2 aliphatic heterocycles. The van der Waals surface area contributed by atoms with Crippen molar-refractivity contribution in [2.75, 3.05) is 6.61 Å².